The van der Waals surface area contributed by atoms with Crippen LogP contribution in [0.2, 0.25) is 0 Å². The van der Waals surface area contributed by atoms with Gasteiger partial charge in [0.25, 0.3) is 0 Å². The molecule has 1 unspecified atom stereocenters. The van der Waals surface area contributed by atoms with E-state index in [1.165, 1.54) is 0 Å². The third kappa shape index (κ3) is 1.74. The molecule has 0 heterocycles. The van der Waals surface area contributed by atoms with E-state index in [1.54, 1.807) is 0 Å². The first-order chi connectivity index (χ1) is 4.20. The van der Waals surface area contributed by atoms with Gasteiger partial charge in [-0.1, -0.05) is 23.8 Å². The van der Waals surface area contributed by atoms with Crippen molar-refractivity contribution >= 4 is 23.2 Å². The van der Waals surface area contributed by atoms with Crippen molar-refractivity contribution in [3.63, 3.8) is 0 Å². The van der Waals surface area contributed by atoms with Crippen molar-refractivity contribution in [3.05, 3.63) is 22.8 Å². The maximum atomic E-state index is 5.80. The summed E-state index contributed by atoms with van der Waals surface area (Å²) in [6, 6.07) is 0. The third-order valence-corrected chi connectivity index (χ3v) is 2.09. The first kappa shape index (κ1) is 7.17. The van der Waals surface area contributed by atoms with Gasteiger partial charge in [-0.2, -0.15) is 0 Å². The van der Waals surface area contributed by atoms with Gasteiger partial charge in [-0.25, -0.2) is 0 Å². The minimum Gasteiger partial charge on any atom is -0.118 e. The Balaban J connectivity index is 2.75. The lowest BCUT2D eigenvalue weighted by Crippen LogP contribution is -1.98. The van der Waals surface area contributed by atoms with Gasteiger partial charge in [-0.15, -0.1) is 11.6 Å². The van der Waals surface area contributed by atoms with E-state index in [0.29, 0.717) is 0 Å². The molecule has 0 fully saturated rings. The molecule has 0 aliphatic heterocycles. The van der Waals surface area contributed by atoms with Crippen molar-refractivity contribution in [1.82, 2.24) is 0 Å². The second-order valence-corrected chi connectivity index (χ2v) is 3.12. The molecule has 1 rings (SSSR count). The third-order valence-electron chi connectivity index (χ3n) is 1.33. The molecule has 0 aromatic carbocycles. The topological polar surface area (TPSA) is 0 Å². The molecule has 0 aromatic heterocycles. The Kier molecular flexibility index (Phi) is 2.20. The molecule has 0 nitrogen and oxygen atoms in total. The minimum absolute atomic E-state index is 0.146. The molecule has 1 aliphatic carbocycles. The van der Waals surface area contributed by atoms with Crippen LogP contribution in [-0.2, 0) is 0 Å². The van der Waals surface area contributed by atoms with Gasteiger partial charge in [0.2, 0.25) is 0 Å². The van der Waals surface area contributed by atoms with Crippen LogP contribution >= 0.6 is 23.2 Å². The highest BCUT2D eigenvalue weighted by atomic mass is 35.5. The molecule has 2 heteroatoms. The Morgan fingerprint density at radius 2 is 2.33 bits per heavy atom. The Hall–Kier alpha value is 0.0600. The molecule has 1 atom stereocenters. The van der Waals surface area contributed by atoms with E-state index in [1.807, 2.05) is 19.1 Å². The smallest absolute Gasteiger partial charge is 0.0557 e. The quantitative estimate of drug-likeness (QED) is 0.481. The van der Waals surface area contributed by atoms with Gasteiger partial charge in [0.1, 0.15) is 0 Å². The number of rotatable bonds is 0. The van der Waals surface area contributed by atoms with Crippen LogP contribution in [-0.4, -0.2) is 5.38 Å². The summed E-state index contributed by atoms with van der Waals surface area (Å²) in [4.78, 5) is 0. The molecule has 0 bridgehead atoms. The molecule has 0 N–H and O–H groups in total. The van der Waals surface area contributed by atoms with Gasteiger partial charge in [0.15, 0.2) is 0 Å². The largest absolute Gasteiger partial charge is 0.118 e. The fourth-order valence-corrected chi connectivity index (χ4v) is 1.23. The highest BCUT2D eigenvalue weighted by molar-refractivity contribution is 6.32. The van der Waals surface area contributed by atoms with Crippen LogP contribution in [0.15, 0.2) is 22.8 Å². The summed E-state index contributed by atoms with van der Waals surface area (Å²) in [5.74, 6) is 0. The number of hydrogen-bond acceptors (Lipinski definition) is 0. The predicted octanol–water partition coefficient (Wildman–Crippen LogP) is 3.07. The van der Waals surface area contributed by atoms with Crippen molar-refractivity contribution in [2.75, 3.05) is 0 Å². The molecule has 0 saturated carbocycles. The van der Waals surface area contributed by atoms with Gasteiger partial charge in [-0.3, -0.25) is 0 Å². The van der Waals surface area contributed by atoms with E-state index in [9.17, 15) is 0 Å². The lowest BCUT2D eigenvalue weighted by atomic mass is 10.1. The molecule has 9 heavy (non-hydrogen) atoms. The average molecular weight is 163 g/mol. The normalized spacial score (nSPS) is 27.2. The molecule has 1 aliphatic rings. The van der Waals surface area contributed by atoms with Crippen LogP contribution in [0.4, 0.5) is 0 Å². The summed E-state index contributed by atoms with van der Waals surface area (Å²) >= 11 is 11.6. The van der Waals surface area contributed by atoms with Crippen molar-refractivity contribution in [1.29, 1.82) is 0 Å². The highest BCUT2D eigenvalue weighted by Crippen LogP contribution is 2.23. The van der Waals surface area contributed by atoms with Crippen molar-refractivity contribution in [2.45, 2.75) is 18.7 Å². The Morgan fingerprint density at radius 1 is 1.67 bits per heavy atom. The van der Waals surface area contributed by atoms with Crippen LogP contribution in [0.1, 0.15) is 13.3 Å². The lowest BCUT2D eigenvalue weighted by molar-refractivity contribution is 1.02. The molecule has 0 saturated heterocycles. The Morgan fingerprint density at radius 3 is 2.78 bits per heavy atom. The zero-order valence-electron chi connectivity index (χ0n) is 5.20. The summed E-state index contributed by atoms with van der Waals surface area (Å²) in [5.41, 5.74) is 1.09. The van der Waals surface area contributed by atoms with Crippen molar-refractivity contribution < 1.29 is 0 Å². The number of hydrogen-bond donors (Lipinski definition) is 0. The second kappa shape index (κ2) is 2.76. The van der Waals surface area contributed by atoms with Crippen LogP contribution in [0.3, 0.4) is 0 Å². The van der Waals surface area contributed by atoms with Crippen molar-refractivity contribution in [3.8, 4) is 0 Å². The summed E-state index contributed by atoms with van der Waals surface area (Å²) in [6.07, 6.45) is 4.79. The van der Waals surface area contributed by atoms with Crippen LogP contribution in [0.25, 0.3) is 0 Å². The molecule has 0 aromatic rings. The maximum absolute atomic E-state index is 5.80. The summed E-state index contributed by atoms with van der Waals surface area (Å²) in [7, 11) is 0. The van der Waals surface area contributed by atoms with E-state index >= 15 is 0 Å². The van der Waals surface area contributed by atoms with E-state index < -0.39 is 0 Å². The zero-order chi connectivity index (χ0) is 6.85. The fraction of sp³-hybridized carbons (Fsp3) is 0.429. The van der Waals surface area contributed by atoms with E-state index in [2.05, 4.69) is 0 Å². The van der Waals surface area contributed by atoms with Gasteiger partial charge in [0, 0.05) is 5.03 Å². The summed E-state index contributed by atoms with van der Waals surface area (Å²) in [6.45, 7) is 1.97. The highest BCUT2D eigenvalue weighted by Gasteiger charge is 2.07. The number of halogens is 2. The summed E-state index contributed by atoms with van der Waals surface area (Å²) < 4.78 is 0. The molecular formula is C7H8Cl2. The minimum atomic E-state index is 0.146. The van der Waals surface area contributed by atoms with Crippen LogP contribution in [0.5, 0.6) is 0 Å². The van der Waals surface area contributed by atoms with E-state index in [0.717, 1.165) is 17.0 Å². The van der Waals surface area contributed by atoms with E-state index in [-0.39, 0.29) is 5.38 Å². The molecular weight excluding hydrogens is 155 g/mol. The molecule has 0 amide bonds. The Labute approximate surface area is 65.2 Å². The molecule has 0 radical (unpaired) electrons. The predicted molar refractivity (Wildman–Crippen MR) is 42.0 cm³/mol. The van der Waals surface area contributed by atoms with Gasteiger partial charge < -0.3 is 0 Å². The zero-order valence-corrected chi connectivity index (χ0v) is 6.71. The molecule has 50 valence electrons. The number of allylic oxidation sites excluding steroid dienone is 4. The Bertz CT molecular complexity index is 168. The SMILES string of the molecule is CC1=CC(Cl)CC=C1Cl. The van der Waals surface area contributed by atoms with Crippen LogP contribution < -0.4 is 0 Å². The first-order valence-electron chi connectivity index (χ1n) is 2.88. The second-order valence-electron chi connectivity index (χ2n) is 2.15. The van der Waals surface area contributed by atoms with E-state index in [4.69, 9.17) is 23.2 Å². The monoisotopic (exact) mass is 162 g/mol. The standard InChI is InChI=1S/C7H8Cl2/c1-5-4-6(8)2-3-7(5)9/h3-4,6H,2H2,1H3. The fourth-order valence-electron chi connectivity index (χ4n) is 0.796. The lowest BCUT2D eigenvalue weighted by Gasteiger charge is -2.09. The van der Waals surface area contributed by atoms with Crippen LogP contribution in [0, 0.1) is 0 Å². The maximum Gasteiger partial charge on any atom is 0.0557 e. The van der Waals surface area contributed by atoms with Gasteiger partial charge in [-0.05, 0) is 18.9 Å². The van der Waals surface area contributed by atoms with Gasteiger partial charge >= 0.3 is 0 Å². The van der Waals surface area contributed by atoms with Gasteiger partial charge in [0.05, 0.1) is 5.38 Å². The summed E-state index contributed by atoms with van der Waals surface area (Å²) in [5, 5.41) is 0.986. The van der Waals surface area contributed by atoms with Crippen molar-refractivity contribution in [2.24, 2.45) is 0 Å². The average Bonchev–Trinajstić information content (AvgIpc) is 1.80. The number of alkyl halides is 1. The first-order valence-corrected chi connectivity index (χ1v) is 3.70. The molecule has 0 spiro atoms.